The molecule has 2 heterocycles. The minimum Gasteiger partial charge on any atom is -0.480 e. The summed E-state index contributed by atoms with van der Waals surface area (Å²) in [5.74, 6) is -1.65. The number of aliphatic carboxylic acids is 1. The Morgan fingerprint density at radius 1 is 1.29 bits per heavy atom. The van der Waals surface area contributed by atoms with Crippen molar-refractivity contribution in [1.82, 2.24) is 10.2 Å². The van der Waals surface area contributed by atoms with E-state index in [0.29, 0.717) is 0 Å². The normalized spacial score (nSPS) is 27.3. The molecule has 0 saturated carbocycles. The highest BCUT2D eigenvalue weighted by Crippen LogP contribution is 2.52. The van der Waals surface area contributed by atoms with Crippen molar-refractivity contribution in [1.29, 1.82) is 0 Å². The molecule has 7 heteroatoms. The average Bonchev–Trinajstić information content (AvgIpc) is 2.76. The zero-order valence-electron chi connectivity index (χ0n) is 13.6. The Morgan fingerprint density at radius 3 is 2.58 bits per heavy atom. The number of carbonyl (C=O) groups is 3. The number of thioether (sulfide) groups is 1. The second kappa shape index (κ2) is 6.12. The Morgan fingerprint density at radius 2 is 1.96 bits per heavy atom. The summed E-state index contributed by atoms with van der Waals surface area (Å²) in [6.45, 7) is 3.93. The van der Waals surface area contributed by atoms with Crippen LogP contribution < -0.4 is 5.32 Å². The van der Waals surface area contributed by atoms with E-state index in [0.717, 1.165) is 5.56 Å². The van der Waals surface area contributed by atoms with Crippen LogP contribution >= 0.6 is 11.8 Å². The molecule has 128 valence electrons. The molecule has 6 nitrogen and oxygen atoms in total. The van der Waals surface area contributed by atoms with E-state index in [9.17, 15) is 19.5 Å². The van der Waals surface area contributed by atoms with E-state index in [1.807, 2.05) is 44.2 Å². The summed E-state index contributed by atoms with van der Waals surface area (Å²) >= 11 is 1.49. The van der Waals surface area contributed by atoms with Crippen LogP contribution in [0.4, 0.5) is 0 Å². The van der Waals surface area contributed by atoms with Gasteiger partial charge >= 0.3 is 5.97 Å². The van der Waals surface area contributed by atoms with Gasteiger partial charge in [-0.3, -0.25) is 9.59 Å². The van der Waals surface area contributed by atoms with Crippen molar-refractivity contribution in [2.24, 2.45) is 5.92 Å². The van der Waals surface area contributed by atoms with Gasteiger partial charge in [0.05, 0.1) is 17.7 Å². The molecule has 3 rings (SSSR count). The molecule has 24 heavy (non-hydrogen) atoms. The third-order valence-electron chi connectivity index (χ3n) is 4.51. The molecule has 2 N–H and O–H groups in total. The number of benzene rings is 1. The molecule has 2 fully saturated rings. The van der Waals surface area contributed by atoms with Crippen LogP contribution in [0, 0.1) is 5.92 Å². The molecule has 3 atom stereocenters. The first-order valence-corrected chi connectivity index (χ1v) is 8.72. The Kier molecular flexibility index (Phi) is 4.29. The van der Waals surface area contributed by atoms with Crippen molar-refractivity contribution in [3.05, 3.63) is 35.9 Å². The third kappa shape index (κ3) is 2.88. The first kappa shape index (κ1) is 16.8. The SMILES string of the molecule is CC1(C)S[C@@H]2[C@H](CNC(=O)Cc3ccccc3)C(=O)N2[C@H]1C(=O)O. The fraction of sp³-hybridized carbons (Fsp3) is 0.471. The van der Waals surface area contributed by atoms with Crippen LogP contribution in [-0.4, -0.2) is 50.5 Å². The molecule has 0 spiro atoms. The summed E-state index contributed by atoms with van der Waals surface area (Å²) < 4.78 is -0.533. The minimum atomic E-state index is -0.977. The number of hydrogen-bond donors (Lipinski definition) is 2. The van der Waals surface area contributed by atoms with E-state index in [4.69, 9.17) is 0 Å². The number of carbonyl (C=O) groups excluding carboxylic acids is 2. The van der Waals surface area contributed by atoms with Crippen LogP contribution in [0.5, 0.6) is 0 Å². The number of hydrogen-bond acceptors (Lipinski definition) is 4. The average molecular weight is 348 g/mol. The largest absolute Gasteiger partial charge is 0.480 e. The van der Waals surface area contributed by atoms with Gasteiger partial charge in [-0.2, -0.15) is 0 Å². The van der Waals surface area contributed by atoms with E-state index in [-0.39, 0.29) is 36.1 Å². The molecule has 2 aliphatic heterocycles. The van der Waals surface area contributed by atoms with Crippen molar-refractivity contribution >= 4 is 29.5 Å². The zero-order chi connectivity index (χ0) is 17.5. The molecule has 1 aromatic carbocycles. The van der Waals surface area contributed by atoms with Gasteiger partial charge in [-0.1, -0.05) is 30.3 Å². The molecule has 0 unspecified atom stereocenters. The maximum atomic E-state index is 12.3. The van der Waals surface area contributed by atoms with Crippen LogP contribution in [0.1, 0.15) is 19.4 Å². The number of amides is 2. The van der Waals surface area contributed by atoms with E-state index >= 15 is 0 Å². The lowest BCUT2D eigenvalue weighted by molar-refractivity contribution is -0.163. The molecule has 0 bridgehead atoms. The van der Waals surface area contributed by atoms with Gasteiger partial charge in [0.15, 0.2) is 0 Å². The fourth-order valence-electron chi connectivity index (χ4n) is 3.35. The van der Waals surface area contributed by atoms with Crippen LogP contribution in [-0.2, 0) is 20.8 Å². The predicted octanol–water partition coefficient (Wildman–Crippen LogP) is 1.11. The highest BCUT2D eigenvalue weighted by atomic mass is 32.2. The number of carboxylic acids is 1. The van der Waals surface area contributed by atoms with Gasteiger partial charge in [0.2, 0.25) is 11.8 Å². The molecular formula is C17H20N2O4S. The summed E-state index contributed by atoms with van der Waals surface area (Å²) in [6, 6.07) is 8.58. The van der Waals surface area contributed by atoms with Crippen molar-refractivity contribution in [2.75, 3.05) is 6.54 Å². The molecule has 1 aromatic rings. The number of fused-ring (bicyclic) bond motifs is 1. The Hall–Kier alpha value is -2.02. The van der Waals surface area contributed by atoms with E-state index in [1.54, 1.807) is 0 Å². The highest BCUT2D eigenvalue weighted by molar-refractivity contribution is 8.01. The summed E-state index contributed by atoms with van der Waals surface area (Å²) in [4.78, 5) is 37.2. The third-order valence-corrected chi connectivity index (χ3v) is 6.14. The predicted molar refractivity (Wildman–Crippen MR) is 90.4 cm³/mol. The summed E-state index contributed by atoms with van der Waals surface area (Å²) in [6.07, 6.45) is 0.270. The smallest absolute Gasteiger partial charge is 0.327 e. The monoisotopic (exact) mass is 348 g/mol. The highest BCUT2D eigenvalue weighted by Gasteiger charge is 2.63. The first-order valence-electron chi connectivity index (χ1n) is 7.84. The molecular weight excluding hydrogens is 328 g/mol. The Labute approximate surface area is 144 Å². The quantitative estimate of drug-likeness (QED) is 0.779. The number of carboxylic acid groups (broad SMARTS) is 1. The lowest BCUT2D eigenvalue weighted by Gasteiger charge is -2.43. The molecule has 0 radical (unpaired) electrons. The van der Waals surface area contributed by atoms with Gasteiger partial charge < -0.3 is 15.3 Å². The molecule has 2 saturated heterocycles. The summed E-state index contributed by atoms with van der Waals surface area (Å²) in [5, 5.41) is 12.0. The topological polar surface area (TPSA) is 86.7 Å². The number of nitrogens with zero attached hydrogens (tertiary/aromatic N) is 1. The standard InChI is InChI=1S/C17H20N2O4S/c1-17(2)13(16(22)23)19-14(21)11(15(19)24-17)9-18-12(20)8-10-6-4-3-5-7-10/h3-7,11,13,15H,8-9H2,1-2H3,(H,18,20)(H,22,23)/t11-,13+,15-/m1/s1. The van der Waals surface area contributed by atoms with Crippen molar-refractivity contribution in [3.63, 3.8) is 0 Å². The fourth-order valence-corrected chi connectivity index (χ4v) is 5.03. The van der Waals surface area contributed by atoms with Gasteiger partial charge in [0.25, 0.3) is 0 Å². The number of rotatable bonds is 5. The molecule has 2 aliphatic rings. The summed E-state index contributed by atoms with van der Waals surface area (Å²) in [7, 11) is 0. The maximum Gasteiger partial charge on any atom is 0.327 e. The lowest BCUT2D eigenvalue weighted by Crippen LogP contribution is -2.64. The Balaban J connectivity index is 1.57. The van der Waals surface area contributed by atoms with Crippen molar-refractivity contribution < 1.29 is 19.5 Å². The van der Waals surface area contributed by atoms with Crippen LogP contribution in [0.15, 0.2) is 30.3 Å². The van der Waals surface area contributed by atoms with Gasteiger partial charge in [0.1, 0.15) is 6.04 Å². The number of β-lactam (4-membered cyclic amide) rings is 1. The van der Waals surface area contributed by atoms with E-state index < -0.39 is 16.8 Å². The van der Waals surface area contributed by atoms with Crippen LogP contribution in [0.2, 0.25) is 0 Å². The zero-order valence-corrected chi connectivity index (χ0v) is 14.4. The maximum absolute atomic E-state index is 12.3. The van der Waals surface area contributed by atoms with Gasteiger partial charge in [-0.15, -0.1) is 11.8 Å². The van der Waals surface area contributed by atoms with Crippen LogP contribution in [0.25, 0.3) is 0 Å². The van der Waals surface area contributed by atoms with E-state index in [2.05, 4.69) is 5.32 Å². The van der Waals surface area contributed by atoms with Crippen molar-refractivity contribution in [2.45, 2.75) is 36.4 Å². The molecule has 2 amide bonds. The number of nitrogens with one attached hydrogen (secondary N) is 1. The van der Waals surface area contributed by atoms with Gasteiger partial charge in [0, 0.05) is 11.3 Å². The van der Waals surface area contributed by atoms with Gasteiger partial charge in [-0.05, 0) is 19.4 Å². The minimum absolute atomic E-state index is 0.135. The van der Waals surface area contributed by atoms with Crippen LogP contribution in [0.3, 0.4) is 0 Å². The Bertz CT molecular complexity index is 676. The van der Waals surface area contributed by atoms with Crippen molar-refractivity contribution in [3.8, 4) is 0 Å². The van der Waals surface area contributed by atoms with E-state index in [1.165, 1.54) is 16.7 Å². The van der Waals surface area contributed by atoms with Gasteiger partial charge in [-0.25, -0.2) is 4.79 Å². The molecule has 0 aliphatic carbocycles. The first-order chi connectivity index (χ1) is 11.3. The summed E-state index contributed by atoms with van der Waals surface area (Å²) in [5.41, 5.74) is 0.916. The lowest BCUT2D eigenvalue weighted by atomic mass is 9.91. The second-order valence-electron chi connectivity index (χ2n) is 6.67. The second-order valence-corrected chi connectivity index (χ2v) is 8.44. The molecule has 0 aromatic heterocycles.